The molecular weight excluding hydrogens is 326 g/mol. The van der Waals surface area contributed by atoms with E-state index in [1.165, 1.54) is 5.56 Å². The van der Waals surface area contributed by atoms with Gasteiger partial charge in [-0.2, -0.15) is 0 Å². The first-order valence-electron chi connectivity index (χ1n) is 8.60. The predicted octanol–water partition coefficient (Wildman–Crippen LogP) is 3.95. The van der Waals surface area contributed by atoms with E-state index in [0.29, 0.717) is 17.9 Å². The molecule has 132 valence electrons. The van der Waals surface area contributed by atoms with E-state index in [4.69, 9.17) is 4.74 Å². The number of carbonyl (C=O) groups is 2. The van der Waals surface area contributed by atoms with Crippen LogP contribution in [0.1, 0.15) is 28.8 Å². The summed E-state index contributed by atoms with van der Waals surface area (Å²) in [6, 6.07) is 21.2. The number of amides is 1. The summed E-state index contributed by atoms with van der Waals surface area (Å²) in [5, 5.41) is 4.65. The fourth-order valence-electron chi connectivity index (χ4n) is 2.88. The van der Waals surface area contributed by atoms with E-state index in [0.717, 1.165) is 17.1 Å². The molecule has 1 N–H and O–H groups in total. The number of fused-ring (bicyclic) bond motifs is 1. The minimum Gasteiger partial charge on any atom is -0.483 e. The van der Waals surface area contributed by atoms with Gasteiger partial charge in [-0.15, -0.1) is 0 Å². The third-order valence-electron chi connectivity index (χ3n) is 4.38. The van der Waals surface area contributed by atoms with Gasteiger partial charge in [-0.1, -0.05) is 67.6 Å². The lowest BCUT2D eigenvalue weighted by Crippen LogP contribution is -2.32. The Morgan fingerprint density at radius 1 is 1.04 bits per heavy atom. The summed E-state index contributed by atoms with van der Waals surface area (Å²) in [6.45, 7) is 2.47. The molecule has 0 aromatic heterocycles. The van der Waals surface area contributed by atoms with E-state index >= 15 is 0 Å². The molecule has 0 saturated heterocycles. The van der Waals surface area contributed by atoms with Gasteiger partial charge in [0.2, 0.25) is 0 Å². The Balaban J connectivity index is 1.59. The number of aldehydes is 1. The van der Waals surface area contributed by atoms with Gasteiger partial charge in [-0.05, 0) is 28.3 Å². The second kappa shape index (κ2) is 8.30. The smallest absolute Gasteiger partial charge is 0.257 e. The third kappa shape index (κ3) is 4.09. The van der Waals surface area contributed by atoms with E-state index in [-0.39, 0.29) is 18.4 Å². The maximum Gasteiger partial charge on any atom is 0.257 e. The van der Waals surface area contributed by atoms with Crippen LogP contribution in [0.3, 0.4) is 0 Å². The lowest BCUT2D eigenvalue weighted by atomic mass is 10.0. The average molecular weight is 347 g/mol. The van der Waals surface area contributed by atoms with Gasteiger partial charge in [-0.25, -0.2) is 0 Å². The van der Waals surface area contributed by atoms with Gasteiger partial charge in [0.1, 0.15) is 5.75 Å². The largest absolute Gasteiger partial charge is 0.483 e. The molecule has 0 heterocycles. The highest BCUT2D eigenvalue weighted by Crippen LogP contribution is 2.26. The topological polar surface area (TPSA) is 55.4 Å². The molecule has 1 amide bonds. The van der Waals surface area contributed by atoms with Gasteiger partial charge in [-0.3, -0.25) is 9.59 Å². The number of rotatable bonds is 7. The van der Waals surface area contributed by atoms with Crippen LogP contribution in [0.5, 0.6) is 5.75 Å². The van der Waals surface area contributed by atoms with Crippen molar-refractivity contribution >= 4 is 23.0 Å². The monoisotopic (exact) mass is 347 g/mol. The Labute approximate surface area is 152 Å². The van der Waals surface area contributed by atoms with Gasteiger partial charge >= 0.3 is 0 Å². The van der Waals surface area contributed by atoms with Crippen molar-refractivity contribution in [1.82, 2.24) is 5.32 Å². The van der Waals surface area contributed by atoms with E-state index in [9.17, 15) is 9.59 Å². The van der Waals surface area contributed by atoms with Crippen LogP contribution in [0, 0.1) is 0 Å². The highest BCUT2D eigenvalue weighted by molar-refractivity contribution is 6.00. The molecule has 3 aromatic rings. The molecule has 0 fully saturated rings. The fourth-order valence-corrected chi connectivity index (χ4v) is 2.88. The molecule has 0 radical (unpaired) electrons. The van der Waals surface area contributed by atoms with Crippen LogP contribution in [0.15, 0.2) is 66.7 Å². The van der Waals surface area contributed by atoms with Gasteiger partial charge in [0.15, 0.2) is 12.9 Å². The Bertz CT molecular complexity index is 906. The minimum atomic E-state index is -0.210. The van der Waals surface area contributed by atoms with Crippen LogP contribution in [0.4, 0.5) is 0 Å². The van der Waals surface area contributed by atoms with Crippen LogP contribution in [-0.2, 0) is 4.79 Å². The molecule has 0 saturated carbocycles. The van der Waals surface area contributed by atoms with Gasteiger partial charge in [0.05, 0.1) is 5.56 Å². The maximum absolute atomic E-state index is 12.1. The number of nitrogens with one attached hydrogen (secondary N) is 1. The zero-order valence-electron chi connectivity index (χ0n) is 14.6. The number of hydrogen-bond acceptors (Lipinski definition) is 3. The summed E-state index contributed by atoms with van der Waals surface area (Å²) in [4.78, 5) is 23.6. The van der Waals surface area contributed by atoms with Crippen molar-refractivity contribution < 1.29 is 14.3 Å². The molecule has 0 aliphatic rings. The van der Waals surface area contributed by atoms with Gasteiger partial charge < -0.3 is 10.1 Å². The zero-order valence-corrected chi connectivity index (χ0v) is 14.6. The molecule has 1 atom stereocenters. The van der Waals surface area contributed by atoms with Crippen LogP contribution >= 0.6 is 0 Å². The van der Waals surface area contributed by atoms with E-state index < -0.39 is 0 Å². The van der Waals surface area contributed by atoms with Crippen molar-refractivity contribution in [1.29, 1.82) is 0 Å². The van der Waals surface area contributed by atoms with Crippen LogP contribution in [0.25, 0.3) is 10.8 Å². The predicted molar refractivity (Wildman–Crippen MR) is 103 cm³/mol. The van der Waals surface area contributed by atoms with Crippen molar-refractivity contribution in [2.75, 3.05) is 13.2 Å². The van der Waals surface area contributed by atoms with Crippen LogP contribution in [-0.4, -0.2) is 25.3 Å². The van der Waals surface area contributed by atoms with E-state index in [1.807, 2.05) is 60.7 Å². The number of ether oxygens (including phenoxy) is 1. The molecule has 26 heavy (non-hydrogen) atoms. The molecule has 0 aliphatic carbocycles. The fraction of sp³-hybridized carbons (Fsp3) is 0.182. The second-order valence-electron chi connectivity index (χ2n) is 6.22. The molecule has 3 rings (SSSR count). The van der Waals surface area contributed by atoms with Crippen molar-refractivity contribution in [3.8, 4) is 5.75 Å². The second-order valence-corrected chi connectivity index (χ2v) is 6.22. The standard InChI is InChI=1S/C22H21NO3/c1-16(17-7-3-2-4-8-17)13-23-22(25)15-26-21-12-11-18-9-5-6-10-19(18)20(21)14-24/h2-12,14,16H,13,15H2,1H3,(H,23,25)/t16-/m0/s1. The Kier molecular flexibility index (Phi) is 5.64. The first-order valence-corrected chi connectivity index (χ1v) is 8.60. The number of benzene rings is 3. The Morgan fingerprint density at radius 2 is 1.77 bits per heavy atom. The lowest BCUT2D eigenvalue weighted by molar-refractivity contribution is -0.123. The summed E-state index contributed by atoms with van der Waals surface area (Å²) in [5.74, 6) is 0.425. The first kappa shape index (κ1) is 17.7. The van der Waals surface area contributed by atoms with Crippen LogP contribution in [0.2, 0.25) is 0 Å². The molecule has 4 heteroatoms. The first-order chi connectivity index (χ1) is 12.7. The van der Waals surface area contributed by atoms with Gasteiger partial charge in [0, 0.05) is 6.54 Å². The quantitative estimate of drug-likeness (QED) is 0.659. The molecule has 0 spiro atoms. The third-order valence-corrected chi connectivity index (χ3v) is 4.38. The Hall–Kier alpha value is -3.14. The maximum atomic E-state index is 12.1. The van der Waals surface area contributed by atoms with Crippen LogP contribution < -0.4 is 10.1 Å². The SMILES string of the molecule is C[C@@H](CNC(=O)COc1ccc2ccccc2c1C=O)c1ccccc1. The minimum absolute atomic E-state index is 0.124. The summed E-state index contributed by atoms with van der Waals surface area (Å²) >= 11 is 0. The Morgan fingerprint density at radius 3 is 2.54 bits per heavy atom. The molecule has 0 unspecified atom stereocenters. The van der Waals surface area contributed by atoms with Crippen molar-refractivity contribution in [3.63, 3.8) is 0 Å². The van der Waals surface area contributed by atoms with Gasteiger partial charge in [0.25, 0.3) is 5.91 Å². The van der Waals surface area contributed by atoms with Crippen molar-refractivity contribution in [2.24, 2.45) is 0 Å². The highest BCUT2D eigenvalue weighted by Gasteiger charge is 2.11. The average Bonchev–Trinajstić information content (AvgIpc) is 2.70. The lowest BCUT2D eigenvalue weighted by Gasteiger charge is -2.14. The summed E-state index contributed by atoms with van der Waals surface area (Å²) in [5.41, 5.74) is 1.64. The highest BCUT2D eigenvalue weighted by atomic mass is 16.5. The number of carbonyl (C=O) groups excluding carboxylic acids is 2. The normalized spacial score (nSPS) is 11.7. The molecule has 3 aromatic carbocycles. The molecule has 0 bridgehead atoms. The van der Waals surface area contributed by atoms with Crippen molar-refractivity contribution in [3.05, 3.63) is 77.9 Å². The molecule has 4 nitrogen and oxygen atoms in total. The summed E-state index contributed by atoms with van der Waals surface area (Å²) < 4.78 is 5.59. The summed E-state index contributed by atoms with van der Waals surface area (Å²) in [6.07, 6.45) is 0.771. The number of hydrogen-bond donors (Lipinski definition) is 1. The molecule has 0 aliphatic heterocycles. The zero-order chi connectivity index (χ0) is 18.4. The summed E-state index contributed by atoms with van der Waals surface area (Å²) in [7, 11) is 0. The molecular formula is C22H21NO3. The van der Waals surface area contributed by atoms with E-state index in [1.54, 1.807) is 6.07 Å². The van der Waals surface area contributed by atoms with Crippen molar-refractivity contribution in [2.45, 2.75) is 12.8 Å². The van der Waals surface area contributed by atoms with E-state index in [2.05, 4.69) is 12.2 Å².